The number of aryl methyl sites for hydroxylation is 1. The molecule has 0 saturated carbocycles. The van der Waals surface area contributed by atoms with Crippen LogP contribution in [-0.4, -0.2) is 47.1 Å². The molecule has 2 aromatic carbocycles. The van der Waals surface area contributed by atoms with Crippen LogP contribution in [-0.2, 0) is 7.05 Å². The lowest BCUT2D eigenvalue weighted by Crippen LogP contribution is -2.24. The second-order valence-electron chi connectivity index (χ2n) is 8.22. The van der Waals surface area contributed by atoms with Gasteiger partial charge in [0.1, 0.15) is 11.5 Å². The van der Waals surface area contributed by atoms with Crippen molar-refractivity contribution < 1.29 is 9.47 Å². The number of nitrogens with one attached hydrogen (secondary N) is 1. The average Bonchev–Trinajstić information content (AvgIpc) is 3.30. The zero-order valence-electron chi connectivity index (χ0n) is 19.1. The zero-order valence-corrected chi connectivity index (χ0v) is 19.1. The first-order chi connectivity index (χ1) is 16.1. The minimum atomic E-state index is 0.769. The van der Waals surface area contributed by atoms with Crippen LogP contribution >= 0.6 is 0 Å². The molecule has 0 bridgehead atoms. The van der Waals surface area contributed by atoms with Gasteiger partial charge in [0.2, 0.25) is 0 Å². The quantitative estimate of drug-likeness (QED) is 0.500. The van der Waals surface area contributed by atoms with Crippen LogP contribution in [0.15, 0.2) is 60.6 Å². The van der Waals surface area contributed by atoms with Gasteiger partial charge in [0.15, 0.2) is 0 Å². The monoisotopic (exact) mass is 441 g/mol. The second kappa shape index (κ2) is 9.03. The van der Waals surface area contributed by atoms with Gasteiger partial charge in [-0.15, -0.1) is 0 Å². The Balaban J connectivity index is 1.67. The van der Waals surface area contributed by atoms with E-state index in [-0.39, 0.29) is 0 Å². The predicted molar refractivity (Wildman–Crippen MR) is 129 cm³/mol. The molecule has 2 aromatic heterocycles. The highest BCUT2D eigenvalue weighted by molar-refractivity contribution is 5.88. The lowest BCUT2D eigenvalue weighted by molar-refractivity contribution is 0.394. The molecule has 168 valence electrons. The van der Waals surface area contributed by atoms with Crippen LogP contribution in [0.2, 0.25) is 0 Å². The van der Waals surface area contributed by atoms with E-state index in [1.54, 1.807) is 25.1 Å². The Kier molecular flexibility index (Phi) is 5.79. The molecule has 0 amide bonds. The molecule has 7 nitrogen and oxygen atoms in total. The van der Waals surface area contributed by atoms with Crippen molar-refractivity contribution in [2.45, 2.75) is 12.8 Å². The molecular weight excluding hydrogens is 414 g/mol. The summed E-state index contributed by atoms with van der Waals surface area (Å²) >= 11 is 0. The summed E-state index contributed by atoms with van der Waals surface area (Å²) in [5.74, 6) is 1.54. The Morgan fingerprint density at radius 3 is 2.45 bits per heavy atom. The fourth-order valence-electron chi connectivity index (χ4n) is 4.35. The van der Waals surface area contributed by atoms with E-state index in [0.717, 1.165) is 70.8 Å². The molecule has 1 saturated heterocycles. The van der Waals surface area contributed by atoms with Crippen molar-refractivity contribution >= 4 is 16.6 Å². The summed E-state index contributed by atoms with van der Waals surface area (Å²) in [6.45, 7) is 1.89. The summed E-state index contributed by atoms with van der Waals surface area (Å²) in [6.07, 6.45) is 7.71. The minimum Gasteiger partial charge on any atom is -0.497 e. The van der Waals surface area contributed by atoms with Gasteiger partial charge in [0.05, 0.1) is 43.3 Å². The number of rotatable bonds is 5. The Labute approximate surface area is 193 Å². The van der Waals surface area contributed by atoms with Crippen LogP contribution in [0.5, 0.6) is 11.5 Å². The van der Waals surface area contributed by atoms with E-state index in [4.69, 9.17) is 14.5 Å². The molecule has 0 unspecified atom stereocenters. The van der Waals surface area contributed by atoms with Gasteiger partial charge in [0.25, 0.3) is 0 Å². The molecule has 1 N–H and O–H groups in total. The van der Waals surface area contributed by atoms with Crippen LogP contribution in [0.4, 0.5) is 0 Å². The number of piperidine rings is 1. The molecular formula is C26H27N5O2. The van der Waals surface area contributed by atoms with E-state index in [1.807, 2.05) is 31.6 Å². The lowest BCUT2D eigenvalue weighted by Gasteiger charge is -2.22. The van der Waals surface area contributed by atoms with E-state index in [9.17, 15) is 0 Å². The molecule has 4 aromatic rings. The molecule has 5 rings (SSSR count). The fraction of sp³-hybridized carbons (Fsp3) is 0.269. The maximum atomic E-state index is 5.56. The van der Waals surface area contributed by atoms with E-state index in [0.29, 0.717) is 0 Å². The van der Waals surface area contributed by atoms with Gasteiger partial charge in [0, 0.05) is 31.4 Å². The largest absolute Gasteiger partial charge is 0.497 e. The number of nitrogens with zero attached hydrogens (tertiary/aromatic N) is 4. The number of hydrogen-bond acceptors (Lipinski definition) is 6. The summed E-state index contributed by atoms with van der Waals surface area (Å²) in [5, 5.41) is 7.79. The third-order valence-electron chi connectivity index (χ3n) is 6.00. The molecule has 1 aliphatic rings. The van der Waals surface area contributed by atoms with Crippen molar-refractivity contribution in [1.82, 2.24) is 25.1 Å². The van der Waals surface area contributed by atoms with Crippen LogP contribution in [0.1, 0.15) is 24.0 Å². The van der Waals surface area contributed by atoms with Gasteiger partial charge >= 0.3 is 0 Å². The molecule has 0 atom stereocenters. The highest BCUT2D eigenvalue weighted by Crippen LogP contribution is 2.35. The third kappa shape index (κ3) is 4.32. The van der Waals surface area contributed by atoms with E-state index in [2.05, 4.69) is 39.7 Å². The molecule has 0 spiro atoms. The van der Waals surface area contributed by atoms with Crippen molar-refractivity contribution in [3.8, 4) is 22.8 Å². The highest BCUT2D eigenvalue weighted by Gasteiger charge is 2.17. The Bertz CT molecular complexity index is 1310. The molecule has 3 heterocycles. The molecule has 1 aliphatic heterocycles. The summed E-state index contributed by atoms with van der Waals surface area (Å²) in [7, 11) is 5.26. The molecule has 33 heavy (non-hydrogen) atoms. The standard InChI is InChI=1S/C26H27N5O2/c1-31-16-20(14-29-31)25-15-28-23-7-6-17(11-24(23)30-25)26(18-5-4-8-27-13-18)19-9-21(32-2)12-22(10-19)33-3/h6-7,9-12,14-16,27H,4-5,8,13H2,1-3H3/b26-18-. The van der Waals surface area contributed by atoms with Crippen LogP contribution in [0.25, 0.3) is 27.9 Å². The number of hydrogen-bond donors (Lipinski definition) is 1. The third-order valence-corrected chi connectivity index (χ3v) is 6.00. The second-order valence-corrected chi connectivity index (χ2v) is 8.22. The van der Waals surface area contributed by atoms with Crippen molar-refractivity contribution in [3.05, 3.63) is 71.7 Å². The summed E-state index contributed by atoms with van der Waals surface area (Å²) in [6, 6.07) is 12.3. The number of aromatic nitrogens is 4. The molecule has 0 radical (unpaired) electrons. The van der Waals surface area contributed by atoms with Crippen molar-refractivity contribution in [1.29, 1.82) is 0 Å². The van der Waals surface area contributed by atoms with Gasteiger partial charge < -0.3 is 14.8 Å². The first-order valence-corrected chi connectivity index (χ1v) is 11.1. The minimum absolute atomic E-state index is 0.769. The van der Waals surface area contributed by atoms with Crippen LogP contribution < -0.4 is 14.8 Å². The van der Waals surface area contributed by atoms with Gasteiger partial charge in [-0.2, -0.15) is 5.10 Å². The average molecular weight is 442 g/mol. The maximum Gasteiger partial charge on any atom is 0.123 e. The molecule has 0 aliphatic carbocycles. The van der Waals surface area contributed by atoms with Crippen LogP contribution in [0, 0.1) is 0 Å². The van der Waals surface area contributed by atoms with E-state index >= 15 is 0 Å². The van der Waals surface area contributed by atoms with E-state index in [1.165, 1.54) is 11.1 Å². The Morgan fingerprint density at radius 1 is 0.970 bits per heavy atom. The summed E-state index contributed by atoms with van der Waals surface area (Å²) < 4.78 is 12.9. The topological polar surface area (TPSA) is 74.1 Å². The van der Waals surface area contributed by atoms with Crippen LogP contribution in [0.3, 0.4) is 0 Å². The number of ether oxygens (including phenoxy) is 2. The fourth-order valence-corrected chi connectivity index (χ4v) is 4.35. The smallest absolute Gasteiger partial charge is 0.123 e. The summed E-state index contributed by atoms with van der Waals surface area (Å²) in [5.41, 5.74) is 8.21. The molecule has 1 fully saturated rings. The lowest BCUT2D eigenvalue weighted by atomic mass is 9.89. The number of benzene rings is 2. The van der Waals surface area contributed by atoms with Gasteiger partial charge in [-0.3, -0.25) is 9.67 Å². The van der Waals surface area contributed by atoms with Crippen molar-refractivity contribution in [2.75, 3.05) is 27.3 Å². The zero-order chi connectivity index (χ0) is 22.8. The normalized spacial score (nSPS) is 15.5. The molecule has 7 heteroatoms. The van der Waals surface area contributed by atoms with Crippen molar-refractivity contribution in [2.24, 2.45) is 7.05 Å². The predicted octanol–water partition coefficient (Wildman–Crippen LogP) is 4.23. The Hall–Kier alpha value is -3.71. The number of fused-ring (bicyclic) bond motifs is 1. The van der Waals surface area contributed by atoms with E-state index < -0.39 is 0 Å². The van der Waals surface area contributed by atoms with Gasteiger partial charge in [-0.05, 0) is 65.9 Å². The first kappa shape index (κ1) is 21.2. The highest BCUT2D eigenvalue weighted by atomic mass is 16.5. The van der Waals surface area contributed by atoms with Crippen molar-refractivity contribution in [3.63, 3.8) is 0 Å². The van der Waals surface area contributed by atoms with Gasteiger partial charge in [-0.1, -0.05) is 6.07 Å². The SMILES string of the molecule is COc1cc(OC)cc(/C(=C2/CCCNC2)c2ccc3ncc(-c4cnn(C)c4)nc3c2)c1. The maximum absolute atomic E-state index is 5.56. The number of methoxy groups -OCH3 is 2. The Morgan fingerprint density at radius 2 is 1.79 bits per heavy atom. The van der Waals surface area contributed by atoms with Gasteiger partial charge in [-0.25, -0.2) is 4.98 Å². The summed E-state index contributed by atoms with van der Waals surface area (Å²) in [4.78, 5) is 9.54. The first-order valence-electron chi connectivity index (χ1n) is 11.1.